The molecule has 1 atom stereocenters. The van der Waals surface area contributed by atoms with Gasteiger partial charge in [-0.25, -0.2) is 8.42 Å². The molecule has 0 aliphatic carbocycles. The van der Waals surface area contributed by atoms with Crippen LogP contribution in [-0.2, 0) is 26.0 Å². The molecule has 0 spiro atoms. The van der Waals surface area contributed by atoms with Crippen LogP contribution in [0.2, 0.25) is 5.02 Å². The first-order chi connectivity index (χ1) is 10.9. The molecule has 0 saturated heterocycles. The van der Waals surface area contributed by atoms with Gasteiger partial charge in [0, 0.05) is 5.02 Å². The minimum atomic E-state index is -3.89. The van der Waals surface area contributed by atoms with Crippen molar-refractivity contribution in [2.75, 3.05) is 7.11 Å². The summed E-state index contributed by atoms with van der Waals surface area (Å²) in [5.74, 6) is -0.653. The lowest BCUT2D eigenvalue weighted by molar-refractivity contribution is -0.142. The van der Waals surface area contributed by atoms with Crippen molar-refractivity contribution < 1.29 is 17.9 Å². The molecular formula is C16H16ClNO4S. The Balaban J connectivity index is 2.25. The molecule has 0 saturated carbocycles. The third-order valence-corrected chi connectivity index (χ3v) is 4.88. The van der Waals surface area contributed by atoms with Gasteiger partial charge >= 0.3 is 5.97 Å². The zero-order valence-corrected chi connectivity index (χ0v) is 14.0. The van der Waals surface area contributed by atoms with Crippen LogP contribution in [-0.4, -0.2) is 27.5 Å². The van der Waals surface area contributed by atoms with E-state index in [1.165, 1.54) is 25.3 Å². The molecule has 0 aliphatic heterocycles. The maximum atomic E-state index is 12.4. The standard InChI is InChI=1S/C16H16ClNO4S/c1-22-16(19)15(10-12-6-3-2-4-7-12)18-23(20,21)14-9-5-8-13(17)11-14/h2-9,11,15,18H,10H2,1H3. The lowest BCUT2D eigenvalue weighted by atomic mass is 10.1. The van der Waals surface area contributed by atoms with Gasteiger partial charge < -0.3 is 4.74 Å². The van der Waals surface area contributed by atoms with Gasteiger partial charge in [-0.1, -0.05) is 48.0 Å². The number of hydrogen-bond acceptors (Lipinski definition) is 4. The summed E-state index contributed by atoms with van der Waals surface area (Å²) in [6, 6.07) is 13.9. The van der Waals surface area contributed by atoms with E-state index in [1.54, 1.807) is 6.07 Å². The van der Waals surface area contributed by atoms with Crippen LogP contribution in [0.4, 0.5) is 0 Å². The van der Waals surface area contributed by atoms with Crippen molar-refractivity contribution in [1.82, 2.24) is 4.72 Å². The van der Waals surface area contributed by atoms with E-state index >= 15 is 0 Å². The van der Waals surface area contributed by atoms with Gasteiger partial charge in [-0.15, -0.1) is 0 Å². The normalized spacial score (nSPS) is 12.6. The highest BCUT2D eigenvalue weighted by atomic mass is 35.5. The maximum Gasteiger partial charge on any atom is 0.324 e. The maximum absolute atomic E-state index is 12.4. The van der Waals surface area contributed by atoms with E-state index in [9.17, 15) is 13.2 Å². The Labute approximate surface area is 140 Å². The molecule has 2 rings (SSSR count). The first kappa shape index (κ1) is 17.5. The second kappa shape index (κ2) is 7.59. The zero-order valence-electron chi connectivity index (χ0n) is 12.4. The quantitative estimate of drug-likeness (QED) is 0.809. The molecule has 5 nitrogen and oxygen atoms in total. The smallest absolute Gasteiger partial charge is 0.324 e. The number of carbonyl (C=O) groups excluding carboxylic acids is 1. The van der Waals surface area contributed by atoms with Gasteiger partial charge in [0.1, 0.15) is 6.04 Å². The highest BCUT2D eigenvalue weighted by Gasteiger charge is 2.26. The molecule has 0 aromatic heterocycles. The molecule has 0 heterocycles. The van der Waals surface area contributed by atoms with Gasteiger partial charge in [-0.2, -0.15) is 4.72 Å². The summed E-state index contributed by atoms with van der Waals surface area (Å²) in [7, 11) is -2.68. The topological polar surface area (TPSA) is 72.5 Å². The van der Waals surface area contributed by atoms with Crippen molar-refractivity contribution in [1.29, 1.82) is 0 Å². The van der Waals surface area contributed by atoms with Gasteiger partial charge in [0.15, 0.2) is 0 Å². The van der Waals surface area contributed by atoms with Gasteiger partial charge in [0.05, 0.1) is 12.0 Å². The van der Waals surface area contributed by atoms with E-state index in [1.807, 2.05) is 30.3 Å². The number of ether oxygens (including phenoxy) is 1. The largest absolute Gasteiger partial charge is 0.468 e. The fourth-order valence-corrected chi connectivity index (χ4v) is 3.54. The van der Waals surface area contributed by atoms with Crippen LogP contribution in [0, 0.1) is 0 Å². The van der Waals surface area contributed by atoms with Crippen molar-refractivity contribution in [3.05, 3.63) is 65.2 Å². The van der Waals surface area contributed by atoms with E-state index in [4.69, 9.17) is 16.3 Å². The second-order valence-electron chi connectivity index (χ2n) is 4.84. The number of methoxy groups -OCH3 is 1. The third kappa shape index (κ3) is 4.79. The number of esters is 1. The molecule has 1 unspecified atom stereocenters. The van der Waals surface area contributed by atoms with Crippen LogP contribution in [0.15, 0.2) is 59.5 Å². The summed E-state index contributed by atoms with van der Waals surface area (Å²) >= 11 is 5.82. The third-order valence-electron chi connectivity index (χ3n) is 3.17. The Bertz CT molecular complexity index is 778. The average molecular weight is 354 g/mol. The van der Waals surface area contributed by atoms with E-state index in [0.717, 1.165) is 5.56 Å². The Morgan fingerprint density at radius 3 is 2.48 bits per heavy atom. The highest BCUT2D eigenvalue weighted by Crippen LogP contribution is 2.16. The van der Waals surface area contributed by atoms with Gasteiger partial charge in [-0.3, -0.25) is 4.79 Å². The second-order valence-corrected chi connectivity index (χ2v) is 6.99. The molecule has 7 heteroatoms. The molecule has 0 aliphatic rings. The molecule has 0 amide bonds. The van der Waals surface area contributed by atoms with Crippen LogP contribution in [0.3, 0.4) is 0 Å². The number of nitrogens with one attached hydrogen (secondary N) is 1. The Morgan fingerprint density at radius 1 is 1.17 bits per heavy atom. The highest BCUT2D eigenvalue weighted by molar-refractivity contribution is 7.89. The molecule has 23 heavy (non-hydrogen) atoms. The number of halogens is 1. The molecule has 0 bridgehead atoms. The van der Waals surface area contributed by atoms with Crippen molar-refractivity contribution in [3.8, 4) is 0 Å². The first-order valence-electron chi connectivity index (χ1n) is 6.82. The summed E-state index contributed by atoms with van der Waals surface area (Å²) in [6.07, 6.45) is 0.188. The van der Waals surface area contributed by atoms with Gasteiger partial charge in [0.25, 0.3) is 0 Å². The van der Waals surface area contributed by atoms with Crippen molar-refractivity contribution in [2.45, 2.75) is 17.4 Å². The summed E-state index contributed by atoms with van der Waals surface area (Å²) in [5.41, 5.74) is 0.816. The minimum Gasteiger partial charge on any atom is -0.468 e. The Kier molecular flexibility index (Phi) is 5.76. The number of benzene rings is 2. The van der Waals surface area contributed by atoms with Crippen molar-refractivity contribution in [2.24, 2.45) is 0 Å². The van der Waals surface area contributed by atoms with Crippen LogP contribution in [0.5, 0.6) is 0 Å². The predicted octanol–water partition coefficient (Wildman–Crippen LogP) is 2.40. The summed E-state index contributed by atoms with van der Waals surface area (Å²) in [6.45, 7) is 0. The molecule has 0 fully saturated rings. The van der Waals surface area contributed by atoms with E-state index in [2.05, 4.69) is 4.72 Å². The van der Waals surface area contributed by atoms with Crippen LogP contribution >= 0.6 is 11.6 Å². The fourth-order valence-electron chi connectivity index (χ4n) is 2.05. The minimum absolute atomic E-state index is 0.00744. The van der Waals surface area contributed by atoms with E-state index < -0.39 is 22.0 Å². The number of hydrogen-bond donors (Lipinski definition) is 1. The van der Waals surface area contributed by atoms with Crippen molar-refractivity contribution >= 4 is 27.6 Å². The fraction of sp³-hybridized carbons (Fsp3) is 0.188. The zero-order chi connectivity index (χ0) is 16.9. The van der Waals surface area contributed by atoms with Crippen LogP contribution in [0.1, 0.15) is 5.56 Å². The summed E-state index contributed by atoms with van der Waals surface area (Å²) in [5, 5.41) is 0.297. The average Bonchev–Trinajstić information content (AvgIpc) is 2.54. The van der Waals surface area contributed by atoms with Crippen LogP contribution < -0.4 is 4.72 Å². The molecule has 2 aromatic rings. The molecule has 0 radical (unpaired) electrons. The number of rotatable bonds is 6. The molecule has 2 aromatic carbocycles. The first-order valence-corrected chi connectivity index (χ1v) is 8.68. The Hall–Kier alpha value is -1.89. The number of sulfonamides is 1. The Morgan fingerprint density at radius 2 is 1.87 bits per heavy atom. The SMILES string of the molecule is COC(=O)C(Cc1ccccc1)NS(=O)(=O)c1cccc(Cl)c1. The predicted molar refractivity (Wildman–Crippen MR) is 87.7 cm³/mol. The van der Waals surface area contributed by atoms with Gasteiger partial charge in [-0.05, 0) is 30.2 Å². The number of carbonyl (C=O) groups is 1. The molecule has 1 N–H and O–H groups in total. The monoisotopic (exact) mass is 353 g/mol. The van der Waals surface area contributed by atoms with E-state index in [-0.39, 0.29) is 11.3 Å². The molecule has 122 valence electrons. The molecular weight excluding hydrogens is 338 g/mol. The van der Waals surface area contributed by atoms with E-state index in [0.29, 0.717) is 5.02 Å². The van der Waals surface area contributed by atoms with Crippen LogP contribution in [0.25, 0.3) is 0 Å². The van der Waals surface area contributed by atoms with Gasteiger partial charge in [0.2, 0.25) is 10.0 Å². The lowest BCUT2D eigenvalue weighted by Gasteiger charge is -2.17. The van der Waals surface area contributed by atoms with Crippen molar-refractivity contribution in [3.63, 3.8) is 0 Å². The summed E-state index contributed by atoms with van der Waals surface area (Å²) in [4.78, 5) is 11.9. The summed E-state index contributed by atoms with van der Waals surface area (Å²) < 4.78 is 31.9. The lowest BCUT2D eigenvalue weighted by Crippen LogP contribution is -2.42.